The number of hydrogen-bond donors (Lipinski definition) is 1. The third-order valence-corrected chi connectivity index (χ3v) is 2.44. The highest BCUT2D eigenvalue weighted by Crippen LogP contribution is 2.25. The molecule has 0 aromatic heterocycles. The summed E-state index contributed by atoms with van der Waals surface area (Å²) in [7, 11) is 1.21. The Balaban J connectivity index is 3.10. The molecule has 0 atom stereocenters. The van der Waals surface area contributed by atoms with Gasteiger partial charge in [-0.25, -0.2) is 4.79 Å². The second kappa shape index (κ2) is 5.33. The number of aromatic hydroxyl groups is 1. The van der Waals surface area contributed by atoms with Gasteiger partial charge in [-0.15, -0.1) is 0 Å². The Morgan fingerprint density at radius 1 is 1.62 bits per heavy atom. The van der Waals surface area contributed by atoms with Gasteiger partial charge in [-0.05, 0) is 39.7 Å². The third kappa shape index (κ3) is 2.84. The second-order valence-electron chi connectivity index (χ2n) is 2.87. The molecule has 0 aliphatic heterocycles. The lowest BCUT2D eigenvalue weighted by molar-refractivity contribution is -0.135. The Bertz CT molecular complexity index is 488. The van der Waals surface area contributed by atoms with E-state index < -0.39 is 5.97 Å². The van der Waals surface area contributed by atoms with Gasteiger partial charge in [0.15, 0.2) is 0 Å². The molecule has 0 spiro atoms. The first-order valence-corrected chi connectivity index (χ1v) is 5.06. The van der Waals surface area contributed by atoms with Gasteiger partial charge in [0.25, 0.3) is 0 Å². The Morgan fingerprint density at radius 3 is 2.81 bits per heavy atom. The first-order valence-electron chi connectivity index (χ1n) is 4.27. The third-order valence-electron chi connectivity index (χ3n) is 1.81. The minimum atomic E-state index is -0.688. The maximum absolute atomic E-state index is 11.1. The zero-order valence-corrected chi connectivity index (χ0v) is 9.98. The number of halogens is 1. The molecule has 0 saturated heterocycles. The summed E-state index contributed by atoms with van der Waals surface area (Å²) in [6.45, 7) is 0. The summed E-state index contributed by atoms with van der Waals surface area (Å²) in [5, 5.41) is 18.0. The van der Waals surface area contributed by atoms with Crippen LogP contribution in [0.1, 0.15) is 5.56 Å². The van der Waals surface area contributed by atoms with Crippen molar-refractivity contribution < 1.29 is 14.6 Å². The van der Waals surface area contributed by atoms with Crippen molar-refractivity contribution in [2.75, 3.05) is 7.11 Å². The lowest BCUT2D eigenvalue weighted by Crippen LogP contribution is -2.02. The maximum atomic E-state index is 11.1. The highest BCUT2D eigenvalue weighted by molar-refractivity contribution is 9.10. The average Bonchev–Trinajstić information content (AvgIpc) is 2.29. The van der Waals surface area contributed by atoms with E-state index in [1.54, 1.807) is 18.2 Å². The highest BCUT2D eigenvalue weighted by atomic mass is 79.9. The molecule has 0 aliphatic carbocycles. The topological polar surface area (TPSA) is 70.3 Å². The van der Waals surface area contributed by atoms with Crippen molar-refractivity contribution in [3.8, 4) is 11.8 Å². The first-order chi connectivity index (χ1) is 7.58. The molecule has 0 bridgehead atoms. The molecular weight excluding hydrogens is 274 g/mol. The lowest BCUT2D eigenvalue weighted by atomic mass is 10.1. The van der Waals surface area contributed by atoms with E-state index in [-0.39, 0.29) is 11.3 Å². The maximum Gasteiger partial charge on any atom is 0.348 e. The van der Waals surface area contributed by atoms with Crippen LogP contribution in [0, 0.1) is 11.3 Å². The Kier molecular flexibility index (Phi) is 4.09. The minimum Gasteiger partial charge on any atom is -0.507 e. The van der Waals surface area contributed by atoms with Crippen LogP contribution < -0.4 is 0 Å². The number of methoxy groups -OCH3 is 1. The van der Waals surface area contributed by atoms with Crippen LogP contribution >= 0.6 is 15.9 Å². The molecule has 1 aromatic rings. The first kappa shape index (κ1) is 12.3. The predicted octanol–water partition coefficient (Wildman–Crippen LogP) is 2.23. The van der Waals surface area contributed by atoms with E-state index in [9.17, 15) is 9.90 Å². The normalized spacial score (nSPS) is 10.7. The van der Waals surface area contributed by atoms with E-state index >= 15 is 0 Å². The molecule has 82 valence electrons. The lowest BCUT2D eigenvalue weighted by Gasteiger charge is -1.99. The van der Waals surface area contributed by atoms with Crippen LogP contribution in [0.25, 0.3) is 6.08 Å². The molecule has 0 unspecified atom stereocenters. The summed E-state index contributed by atoms with van der Waals surface area (Å²) in [6.07, 6.45) is 1.38. The van der Waals surface area contributed by atoms with Gasteiger partial charge >= 0.3 is 5.97 Å². The van der Waals surface area contributed by atoms with Gasteiger partial charge in [0, 0.05) is 0 Å². The van der Waals surface area contributed by atoms with Gasteiger partial charge in [0.2, 0.25) is 0 Å². The summed E-state index contributed by atoms with van der Waals surface area (Å²) in [6, 6.07) is 6.38. The minimum absolute atomic E-state index is 0.0914. The number of ether oxygens (including phenoxy) is 1. The zero-order chi connectivity index (χ0) is 12.1. The average molecular weight is 282 g/mol. The number of nitriles is 1. The fourth-order valence-electron chi connectivity index (χ4n) is 1.03. The van der Waals surface area contributed by atoms with Crippen molar-refractivity contribution in [3.63, 3.8) is 0 Å². The fraction of sp³-hybridized carbons (Fsp3) is 0.0909. The summed E-state index contributed by atoms with van der Waals surface area (Å²) in [4.78, 5) is 11.1. The van der Waals surface area contributed by atoms with Gasteiger partial charge < -0.3 is 9.84 Å². The van der Waals surface area contributed by atoms with E-state index in [0.717, 1.165) is 0 Å². The summed E-state index contributed by atoms with van der Waals surface area (Å²) in [5.41, 5.74) is 0.520. The van der Waals surface area contributed by atoms with Gasteiger partial charge in [-0.2, -0.15) is 5.26 Å². The van der Waals surface area contributed by atoms with Crippen LogP contribution in [0.5, 0.6) is 5.75 Å². The van der Waals surface area contributed by atoms with Crippen molar-refractivity contribution >= 4 is 28.0 Å². The van der Waals surface area contributed by atoms with Crippen LogP contribution in [0.15, 0.2) is 28.2 Å². The fourth-order valence-corrected chi connectivity index (χ4v) is 1.42. The molecule has 5 heteroatoms. The summed E-state index contributed by atoms with van der Waals surface area (Å²) < 4.78 is 4.93. The summed E-state index contributed by atoms with van der Waals surface area (Å²) >= 11 is 3.13. The number of carbonyl (C=O) groups excluding carboxylic acids is 1. The Hall–Kier alpha value is -1.80. The van der Waals surface area contributed by atoms with Crippen molar-refractivity contribution in [2.45, 2.75) is 0 Å². The number of benzene rings is 1. The molecule has 16 heavy (non-hydrogen) atoms. The van der Waals surface area contributed by atoms with E-state index in [4.69, 9.17) is 5.26 Å². The number of phenolic OH excluding ortho intramolecular Hbond substituents is 1. The SMILES string of the molecule is COC(=O)/C(C#N)=C/c1ccc(O)c(Br)c1. The number of carbonyl (C=O) groups is 1. The molecule has 0 saturated carbocycles. The smallest absolute Gasteiger partial charge is 0.348 e. The summed E-state index contributed by atoms with van der Waals surface area (Å²) in [5.74, 6) is -0.597. The molecule has 0 amide bonds. The van der Waals surface area contributed by atoms with Crippen molar-refractivity contribution in [1.29, 1.82) is 5.26 Å². The molecule has 0 heterocycles. The zero-order valence-electron chi connectivity index (χ0n) is 8.40. The van der Waals surface area contributed by atoms with Crippen LogP contribution in [-0.4, -0.2) is 18.2 Å². The van der Waals surface area contributed by atoms with Crippen molar-refractivity contribution in [2.24, 2.45) is 0 Å². The van der Waals surface area contributed by atoms with E-state index in [1.165, 1.54) is 19.3 Å². The van der Waals surface area contributed by atoms with Crippen LogP contribution in [0.2, 0.25) is 0 Å². The Morgan fingerprint density at radius 2 is 2.31 bits per heavy atom. The van der Waals surface area contributed by atoms with Crippen LogP contribution in [-0.2, 0) is 9.53 Å². The molecule has 0 aliphatic rings. The number of phenols is 1. The Labute approximate surface area is 101 Å². The number of rotatable bonds is 2. The van der Waals surface area contributed by atoms with Gasteiger partial charge in [0.1, 0.15) is 17.4 Å². The largest absolute Gasteiger partial charge is 0.507 e. The highest BCUT2D eigenvalue weighted by Gasteiger charge is 2.08. The van der Waals surface area contributed by atoms with Crippen molar-refractivity contribution in [3.05, 3.63) is 33.8 Å². The number of nitrogens with zero attached hydrogens (tertiary/aromatic N) is 1. The second-order valence-corrected chi connectivity index (χ2v) is 3.73. The van der Waals surface area contributed by atoms with Crippen molar-refractivity contribution in [1.82, 2.24) is 0 Å². The van der Waals surface area contributed by atoms with Crippen LogP contribution in [0.3, 0.4) is 0 Å². The van der Waals surface area contributed by atoms with Gasteiger partial charge in [-0.3, -0.25) is 0 Å². The van der Waals surface area contributed by atoms with Gasteiger partial charge in [-0.1, -0.05) is 6.07 Å². The van der Waals surface area contributed by atoms with E-state index in [1.807, 2.05) is 0 Å². The predicted molar refractivity (Wildman–Crippen MR) is 61.4 cm³/mol. The van der Waals surface area contributed by atoms with Crippen LogP contribution in [0.4, 0.5) is 0 Å². The molecule has 1 N–H and O–H groups in total. The van der Waals surface area contributed by atoms with E-state index in [2.05, 4.69) is 20.7 Å². The molecule has 0 radical (unpaired) electrons. The molecule has 1 rings (SSSR count). The van der Waals surface area contributed by atoms with Gasteiger partial charge in [0.05, 0.1) is 11.6 Å². The number of esters is 1. The van der Waals surface area contributed by atoms with E-state index in [0.29, 0.717) is 10.0 Å². The molecule has 1 aromatic carbocycles. The molecule has 4 nitrogen and oxygen atoms in total. The molecule has 0 fully saturated rings. The molecular formula is C11H8BrNO3. The standard InChI is InChI=1S/C11H8BrNO3/c1-16-11(15)8(6-13)4-7-2-3-10(14)9(12)5-7/h2-5,14H,1H3/b8-4+. The number of hydrogen-bond acceptors (Lipinski definition) is 4. The quantitative estimate of drug-likeness (QED) is 0.513. The monoisotopic (exact) mass is 281 g/mol.